The molecule has 2 heterocycles. The number of nitrogens with two attached hydrogens (primary N) is 1. The summed E-state index contributed by atoms with van der Waals surface area (Å²) in [6.45, 7) is 0. The van der Waals surface area contributed by atoms with Gasteiger partial charge in [-0.05, 0) is 56.0 Å². The number of nitrogens with zero attached hydrogens (tertiary/aromatic N) is 4. The first-order valence-electron chi connectivity index (χ1n) is 11.2. The van der Waals surface area contributed by atoms with E-state index in [1.165, 1.54) is 11.7 Å². The normalized spacial score (nSPS) is 18.1. The third-order valence-corrected chi connectivity index (χ3v) is 6.15. The minimum atomic E-state index is -0.459. The van der Waals surface area contributed by atoms with Crippen molar-refractivity contribution in [2.45, 2.75) is 37.6 Å². The van der Waals surface area contributed by atoms with Gasteiger partial charge in [-0.25, -0.2) is 0 Å². The number of carbonyl (C=O) groups excluding carboxylic acids is 1. The van der Waals surface area contributed by atoms with Crippen LogP contribution < -0.4 is 21.3 Å². The van der Waals surface area contributed by atoms with Crippen LogP contribution in [0.15, 0.2) is 58.6 Å². The van der Waals surface area contributed by atoms with E-state index in [0.29, 0.717) is 22.9 Å². The summed E-state index contributed by atoms with van der Waals surface area (Å²) >= 11 is 0. The molecule has 2 aromatic heterocycles. The van der Waals surface area contributed by atoms with E-state index in [2.05, 4.69) is 15.5 Å². The number of hydrogen-bond donors (Lipinski definition) is 2. The molecule has 1 amide bonds. The Morgan fingerprint density at radius 1 is 1.24 bits per heavy atom. The van der Waals surface area contributed by atoms with Crippen LogP contribution in [0, 0.1) is 0 Å². The lowest BCUT2D eigenvalue weighted by Crippen LogP contribution is -2.24. The maximum atomic E-state index is 13.0. The zero-order valence-electron chi connectivity index (χ0n) is 19.3. The van der Waals surface area contributed by atoms with Crippen molar-refractivity contribution in [3.63, 3.8) is 0 Å². The highest BCUT2D eigenvalue weighted by atomic mass is 16.5. The zero-order valence-corrected chi connectivity index (χ0v) is 19.3. The topological polar surface area (TPSA) is 124 Å². The van der Waals surface area contributed by atoms with Crippen LogP contribution in [0.1, 0.15) is 53.2 Å². The van der Waals surface area contributed by atoms with Crippen LogP contribution in [-0.2, 0) is 7.05 Å². The number of benzene rings is 1. The SMILES string of the molecule is COc1cc(N)c(C=NC2CCC(c3cccnn3)CC2)cc1C(=O)Nc1cccn(C)c1=O. The number of amides is 1. The van der Waals surface area contributed by atoms with E-state index < -0.39 is 5.91 Å². The van der Waals surface area contributed by atoms with Crippen LogP contribution in [0.4, 0.5) is 11.4 Å². The summed E-state index contributed by atoms with van der Waals surface area (Å²) in [7, 11) is 3.09. The van der Waals surface area contributed by atoms with Crippen molar-refractivity contribution < 1.29 is 9.53 Å². The van der Waals surface area contributed by atoms with Crippen molar-refractivity contribution >= 4 is 23.5 Å². The highest BCUT2D eigenvalue weighted by Crippen LogP contribution is 2.33. The molecule has 0 unspecified atom stereocenters. The summed E-state index contributed by atoms with van der Waals surface area (Å²) in [6.07, 6.45) is 8.91. The highest BCUT2D eigenvalue weighted by Gasteiger charge is 2.23. The summed E-state index contributed by atoms with van der Waals surface area (Å²) in [5.41, 5.74) is 8.48. The molecule has 4 rings (SSSR count). The number of hydrogen-bond acceptors (Lipinski definition) is 7. The first-order valence-corrected chi connectivity index (χ1v) is 11.2. The second-order valence-electron chi connectivity index (χ2n) is 8.41. The number of anilines is 2. The smallest absolute Gasteiger partial charge is 0.274 e. The van der Waals surface area contributed by atoms with Gasteiger partial charge in [0.25, 0.3) is 11.5 Å². The lowest BCUT2D eigenvalue weighted by Gasteiger charge is -2.25. The Morgan fingerprint density at radius 3 is 2.74 bits per heavy atom. The van der Waals surface area contributed by atoms with Crippen LogP contribution in [-0.4, -0.2) is 40.0 Å². The van der Waals surface area contributed by atoms with Crippen molar-refractivity contribution in [1.29, 1.82) is 0 Å². The number of carbonyl (C=O) groups is 1. The third-order valence-electron chi connectivity index (χ3n) is 6.15. The van der Waals surface area contributed by atoms with Gasteiger partial charge >= 0.3 is 0 Å². The summed E-state index contributed by atoms with van der Waals surface area (Å²) in [4.78, 5) is 30.0. The first kappa shape index (κ1) is 23.2. The molecule has 3 aromatic rings. The number of pyridine rings is 1. The minimum Gasteiger partial charge on any atom is -0.496 e. The fourth-order valence-corrected chi connectivity index (χ4v) is 4.19. The highest BCUT2D eigenvalue weighted by molar-refractivity contribution is 6.08. The molecule has 0 saturated heterocycles. The van der Waals surface area contributed by atoms with E-state index in [1.807, 2.05) is 12.1 Å². The van der Waals surface area contributed by atoms with E-state index in [0.717, 1.165) is 31.4 Å². The molecule has 1 aliphatic rings. The first-order chi connectivity index (χ1) is 16.5. The van der Waals surface area contributed by atoms with Crippen molar-refractivity contribution in [2.24, 2.45) is 12.0 Å². The Bertz CT molecular complexity index is 1250. The number of aryl methyl sites for hydroxylation is 1. The van der Waals surface area contributed by atoms with Gasteiger partial charge in [0.2, 0.25) is 0 Å². The average Bonchev–Trinajstić information content (AvgIpc) is 2.86. The summed E-state index contributed by atoms with van der Waals surface area (Å²) in [5.74, 6) is 0.274. The molecule has 1 fully saturated rings. The molecule has 9 heteroatoms. The van der Waals surface area contributed by atoms with Crippen LogP contribution in [0.5, 0.6) is 5.75 Å². The fourth-order valence-electron chi connectivity index (χ4n) is 4.19. The number of aliphatic imine (C=N–C) groups is 1. The maximum Gasteiger partial charge on any atom is 0.274 e. The molecule has 0 radical (unpaired) electrons. The van der Waals surface area contributed by atoms with Gasteiger partial charge in [-0.15, -0.1) is 0 Å². The van der Waals surface area contributed by atoms with Crippen molar-refractivity contribution in [1.82, 2.24) is 14.8 Å². The van der Waals surface area contributed by atoms with Gasteiger partial charge in [-0.2, -0.15) is 10.2 Å². The second kappa shape index (κ2) is 10.3. The van der Waals surface area contributed by atoms with Gasteiger partial charge in [0.1, 0.15) is 11.4 Å². The quantitative estimate of drug-likeness (QED) is 0.430. The monoisotopic (exact) mass is 460 g/mol. The minimum absolute atomic E-state index is 0.180. The van der Waals surface area contributed by atoms with Crippen molar-refractivity contribution in [3.05, 3.63) is 76.0 Å². The Kier molecular flexibility index (Phi) is 7.01. The number of aromatic nitrogens is 3. The molecule has 176 valence electrons. The molecule has 0 aliphatic heterocycles. The Balaban J connectivity index is 1.49. The summed E-state index contributed by atoms with van der Waals surface area (Å²) in [6, 6.07) is 10.6. The van der Waals surface area contributed by atoms with Gasteiger partial charge in [-0.1, -0.05) is 0 Å². The fraction of sp³-hybridized carbons (Fsp3) is 0.320. The maximum absolute atomic E-state index is 13.0. The predicted octanol–water partition coefficient (Wildman–Crippen LogP) is 3.16. The van der Waals surface area contributed by atoms with Crippen LogP contribution in [0.25, 0.3) is 0 Å². The number of nitrogens with one attached hydrogen (secondary N) is 1. The molecule has 3 N–H and O–H groups in total. The largest absolute Gasteiger partial charge is 0.496 e. The van der Waals surface area contributed by atoms with E-state index in [4.69, 9.17) is 15.5 Å². The lowest BCUT2D eigenvalue weighted by atomic mass is 9.84. The molecule has 1 aromatic carbocycles. The zero-order chi connectivity index (χ0) is 24.1. The van der Waals surface area contributed by atoms with E-state index >= 15 is 0 Å². The molecule has 34 heavy (non-hydrogen) atoms. The number of nitrogen functional groups attached to an aromatic ring is 1. The third kappa shape index (κ3) is 5.14. The molecular formula is C25H28N6O3. The van der Waals surface area contributed by atoms with Gasteiger partial charge < -0.3 is 20.4 Å². The number of methoxy groups -OCH3 is 1. The summed E-state index contributed by atoms with van der Waals surface area (Å²) < 4.78 is 6.76. The molecule has 0 bridgehead atoms. The number of rotatable bonds is 6. The lowest BCUT2D eigenvalue weighted by molar-refractivity contribution is 0.102. The molecule has 9 nitrogen and oxygen atoms in total. The molecule has 1 aliphatic carbocycles. The van der Waals surface area contributed by atoms with E-state index in [9.17, 15) is 9.59 Å². The Morgan fingerprint density at radius 2 is 2.03 bits per heavy atom. The van der Waals surface area contributed by atoms with Crippen LogP contribution >= 0.6 is 0 Å². The van der Waals surface area contributed by atoms with Crippen LogP contribution in [0.2, 0.25) is 0 Å². The second-order valence-corrected chi connectivity index (χ2v) is 8.41. The van der Waals surface area contributed by atoms with Gasteiger partial charge in [0, 0.05) is 54.9 Å². The summed E-state index contributed by atoms with van der Waals surface area (Å²) in [5, 5.41) is 10.9. The molecule has 0 atom stereocenters. The molecular weight excluding hydrogens is 432 g/mol. The van der Waals surface area contributed by atoms with Crippen LogP contribution in [0.3, 0.4) is 0 Å². The van der Waals surface area contributed by atoms with E-state index in [-0.39, 0.29) is 22.9 Å². The Hall–Kier alpha value is -4.01. The van der Waals surface area contributed by atoms with Gasteiger partial charge in [0.15, 0.2) is 0 Å². The molecule has 0 spiro atoms. The standard InChI is InChI=1S/C25H28N6O3/c1-31-12-4-6-22(25(31)33)29-24(32)19-13-17(20(26)14-23(19)34-2)15-27-18-9-7-16(8-10-18)21-5-3-11-28-30-21/h3-6,11-16,18H,7-10,26H2,1-2H3,(H,29,32). The van der Waals surface area contributed by atoms with Gasteiger partial charge in [0.05, 0.1) is 18.4 Å². The van der Waals surface area contributed by atoms with E-state index in [1.54, 1.807) is 49.9 Å². The van der Waals surface area contributed by atoms with Crippen molar-refractivity contribution in [2.75, 3.05) is 18.2 Å². The average molecular weight is 461 g/mol. The number of ether oxygens (including phenoxy) is 1. The Labute approximate surface area is 197 Å². The molecule has 1 saturated carbocycles. The van der Waals surface area contributed by atoms with Gasteiger partial charge in [-0.3, -0.25) is 14.6 Å². The predicted molar refractivity (Wildman–Crippen MR) is 132 cm³/mol. The van der Waals surface area contributed by atoms with Crippen molar-refractivity contribution in [3.8, 4) is 5.75 Å².